The van der Waals surface area contributed by atoms with E-state index in [1.807, 2.05) is 0 Å². The molecule has 110 valence electrons. The molecule has 0 saturated heterocycles. The highest BCUT2D eigenvalue weighted by Crippen LogP contribution is 2.30. The van der Waals surface area contributed by atoms with Gasteiger partial charge in [0.15, 0.2) is 0 Å². The fourth-order valence-electron chi connectivity index (χ4n) is 2.95. The number of carboxylic acid groups (broad SMARTS) is 1. The molecular formula is C16H21FO3. The number of carboxylic acids is 1. The zero-order valence-corrected chi connectivity index (χ0v) is 11.8. The molecule has 1 aromatic rings. The monoisotopic (exact) mass is 280 g/mol. The Morgan fingerprint density at radius 1 is 1.40 bits per heavy atom. The van der Waals surface area contributed by atoms with Crippen molar-refractivity contribution in [2.24, 2.45) is 5.92 Å². The van der Waals surface area contributed by atoms with Gasteiger partial charge in [0.2, 0.25) is 0 Å². The second kappa shape index (κ2) is 6.84. The van der Waals surface area contributed by atoms with E-state index < -0.39 is 11.8 Å². The Hall–Kier alpha value is -1.42. The second-order valence-electron chi connectivity index (χ2n) is 5.41. The van der Waals surface area contributed by atoms with E-state index in [0.29, 0.717) is 11.5 Å². The highest BCUT2D eigenvalue weighted by molar-refractivity contribution is 5.89. The summed E-state index contributed by atoms with van der Waals surface area (Å²) in [6.45, 7) is 2.32. The van der Waals surface area contributed by atoms with Crippen molar-refractivity contribution >= 4 is 5.97 Å². The van der Waals surface area contributed by atoms with Gasteiger partial charge in [-0.2, -0.15) is 0 Å². The molecule has 3 nitrogen and oxygen atoms in total. The lowest BCUT2D eigenvalue weighted by Crippen LogP contribution is -2.27. The predicted octanol–water partition coefficient (Wildman–Crippen LogP) is 4.01. The van der Waals surface area contributed by atoms with Gasteiger partial charge in [-0.1, -0.05) is 26.2 Å². The maximum atomic E-state index is 13.3. The van der Waals surface area contributed by atoms with Gasteiger partial charge >= 0.3 is 5.97 Å². The van der Waals surface area contributed by atoms with Gasteiger partial charge in [0, 0.05) is 0 Å². The number of aromatic carboxylic acids is 1. The number of halogens is 1. The first-order chi connectivity index (χ1) is 9.61. The Morgan fingerprint density at radius 3 is 2.85 bits per heavy atom. The van der Waals surface area contributed by atoms with Crippen molar-refractivity contribution in [3.05, 3.63) is 35.1 Å². The summed E-state index contributed by atoms with van der Waals surface area (Å²) in [4.78, 5) is 11.1. The molecular weight excluding hydrogens is 259 g/mol. The number of hydrogen-bond acceptors (Lipinski definition) is 2. The zero-order valence-electron chi connectivity index (χ0n) is 11.8. The molecule has 1 aromatic carbocycles. The summed E-state index contributed by atoms with van der Waals surface area (Å²) < 4.78 is 19.2. The average molecular weight is 280 g/mol. The van der Waals surface area contributed by atoms with Crippen LogP contribution in [0.4, 0.5) is 4.39 Å². The molecule has 0 amide bonds. The number of hydrogen-bond donors (Lipinski definition) is 1. The quantitative estimate of drug-likeness (QED) is 0.886. The number of rotatable bonds is 5. The van der Waals surface area contributed by atoms with Gasteiger partial charge in [-0.25, -0.2) is 9.18 Å². The van der Waals surface area contributed by atoms with Gasteiger partial charge < -0.3 is 9.84 Å². The Morgan fingerprint density at radius 2 is 2.15 bits per heavy atom. The SMILES string of the molecule is CCC1CCCCC1OCc1cc(F)ccc1C(=O)O. The van der Waals surface area contributed by atoms with Gasteiger partial charge in [-0.05, 0) is 42.5 Å². The first-order valence-electron chi connectivity index (χ1n) is 7.25. The topological polar surface area (TPSA) is 46.5 Å². The zero-order chi connectivity index (χ0) is 14.5. The Kier molecular flexibility index (Phi) is 5.12. The van der Waals surface area contributed by atoms with E-state index in [1.54, 1.807) is 0 Å². The molecule has 4 heteroatoms. The second-order valence-corrected chi connectivity index (χ2v) is 5.41. The molecule has 0 bridgehead atoms. The third-order valence-electron chi connectivity index (χ3n) is 4.11. The summed E-state index contributed by atoms with van der Waals surface area (Å²) in [5.41, 5.74) is 0.535. The Bertz CT molecular complexity index is 473. The van der Waals surface area contributed by atoms with Crippen LogP contribution in [0.3, 0.4) is 0 Å². The molecule has 1 fully saturated rings. The minimum atomic E-state index is -1.04. The van der Waals surface area contributed by atoms with Crippen molar-refractivity contribution in [2.45, 2.75) is 51.7 Å². The molecule has 1 N–H and O–H groups in total. The predicted molar refractivity (Wildman–Crippen MR) is 74.2 cm³/mol. The molecule has 0 radical (unpaired) electrons. The normalized spacial score (nSPS) is 22.7. The van der Waals surface area contributed by atoms with Crippen LogP contribution in [-0.4, -0.2) is 17.2 Å². The van der Waals surface area contributed by atoms with E-state index >= 15 is 0 Å². The van der Waals surface area contributed by atoms with Crippen LogP contribution in [0, 0.1) is 11.7 Å². The first-order valence-corrected chi connectivity index (χ1v) is 7.25. The molecule has 2 rings (SSSR count). The van der Waals surface area contributed by atoms with Crippen molar-refractivity contribution in [2.75, 3.05) is 0 Å². The lowest BCUT2D eigenvalue weighted by Gasteiger charge is -2.31. The Labute approximate surface area is 118 Å². The van der Waals surface area contributed by atoms with Crippen molar-refractivity contribution in [3.63, 3.8) is 0 Å². The van der Waals surface area contributed by atoms with Crippen LogP contribution in [0.15, 0.2) is 18.2 Å². The van der Waals surface area contributed by atoms with Gasteiger partial charge in [0.05, 0.1) is 18.3 Å². The van der Waals surface area contributed by atoms with E-state index in [4.69, 9.17) is 9.84 Å². The molecule has 2 atom stereocenters. The van der Waals surface area contributed by atoms with E-state index in [2.05, 4.69) is 6.92 Å². The van der Waals surface area contributed by atoms with E-state index in [1.165, 1.54) is 24.6 Å². The maximum Gasteiger partial charge on any atom is 0.336 e. The van der Waals surface area contributed by atoms with Crippen molar-refractivity contribution < 1.29 is 19.0 Å². The summed E-state index contributed by atoms with van der Waals surface area (Å²) >= 11 is 0. The van der Waals surface area contributed by atoms with Gasteiger partial charge in [-0.15, -0.1) is 0 Å². The fraction of sp³-hybridized carbons (Fsp3) is 0.562. The summed E-state index contributed by atoms with van der Waals surface area (Å²) in [7, 11) is 0. The average Bonchev–Trinajstić information content (AvgIpc) is 2.45. The van der Waals surface area contributed by atoms with Gasteiger partial charge in [-0.3, -0.25) is 0 Å². The highest BCUT2D eigenvalue weighted by atomic mass is 19.1. The first kappa shape index (κ1) is 15.0. The third kappa shape index (κ3) is 3.57. The highest BCUT2D eigenvalue weighted by Gasteiger charge is 2.24. The number of ether oxygens (including phenoxy) is 1. The minimum Gasteiger partial charge on any atom is -0.478 e. The fourth-order valence-corrected chi connectivity index (χ4v) is 2.95. The van der Waals surface area contributed by atoms with Crippen molar-refractivity contribution in [3.8, 4) is 0 Å². The molecule has 20 heavy (non-hydrogen) atoms. The molecule has 0 spiro atoms. The van der Waals surface area contributed by atoms with Crippen LogP contribution in [0.1, 0.15) is 54.9 Å². The molecule has 1 aliphatic carbocycles. The molecule has 0 aromatic heterocycles. The smallest absolute Gasteiger partial charge is 0.336 e. The number of carbonyl (C=O) groups is 1. The molecule has 1 aliphatic rings. The largest absolute Gasteiger partial charge is 0.478 e. The minimum absolute atomic E-state index is 0.121. The van der Waals surface area contributed by atoms with Crippen molar-refractivity contribution in [1.82, 2.24) is 0 Å². The molecule has 0 heterocycles. The van der Waals surface area contributed by atoms with Crippen LogP contribution >= 0.6 is 0 Å². The maximum absolute atomic E-state index is 13.3. The van der Waals surface area contributed by atoms with Gasteiger partial charge in [0.1, 0.15) is 5.82 Å². The van der Waals surface area contributed by atoms with Crippen LogP contribution in [0.5, 0.6) is 0 Å². The molecule has 0 aliphatic heterocycles. The van der Waals surface area contributed by atoms with Crippen LogP contribution in [-0.2, 0) is 11.3 Å². The summed E-state index contributed by atoms with van der Waals surface area (Å²) in [6, 6.07) is 3.73. The van der Waals surface area contributed by atoms with Crippen LogP contribution < -0.4 is 0 Å². The van der Waals surface area contributed by atoms with Gasteiger partial charge in [0.25, 0.3) is 0 Å². The lowest BCUT2D eigenvalue weighted by molar-refractivity contribution is -0.0226. The standard InChI is InChI=1S/C16H21FO3/c1-2-11-5-3-4-6-15(11)20-10-12-9-13(17)7-8-14(12)16(18)19/h7-9,11,15H,2-6,10H2,1H3,(H,18,19). The van der Waals surface area contributed by atoms with E-state index in [0.717, 1.165) is 25.7 Å². The number of benzene rings is 1. The van der Waals surface area contributed by atoms with Crippen LogP contribution in [0.25, 0.3) is 0 Å². The summed E-state index contributed by atoms with van der Waals surface area (Å²) in [5, 5.41) is 9.11. The van der Waals surface area contributed by atoms with Crippen LogP contribution in [0.2, 0.25) is 0 Å². The third-order valence-corrected chi connectivity index (χ3v) is 4.11. The van der Waals surface area contributed by atoms with E-state index in [9.17, 15) is 9.18 Å². The van der Waals surface area contributed by atoms with Crippen molar-refractivity contribution in [1.29, 1.82) is 0 Å². The lowest BCUT2D eigenvalue weighted by atomic mass is 9.85. The summed E-state index contributed by atoms with van der Waals surface area (Å²) in [5.74, 6) is -0.936. The molecule has 2 unspecified atom stereocenters. The summed E-state index contributed by atoms with van der Waals surface area (Å²) in [6.07, 6.45) is 5.79. The van der Waals surface area contributed by atoms with E-state index in [-0.39, 0.29) is 18.3 Å². The Balaban J connectivity index is 2.06. The molecule has 1 saturated carbocycles.